The van der Waals surface area contributed by atoms with Crippen LogP contribution in [0.15, 0.2) is 21.7 Å². The van der Waals surface area contributed by atoms with Crippen LogP contribution in [0.25, 0.3) is 0 Å². The number of carbonyl (C=O) groups is 2. The number of ether oxygens (including phenoxy) is 1. The Labute approximate surface area is 120 Å². The second kappa shape index (κ2) is 6.38. The van der Waals surface area contributed by atoms with Crippen LogP contribution < -0.4 is 11.1 Å². The van der Waals surface area contributed by atoms with Crippen molar-refractivity contribution in [1.82, 2.24) is 14.7 Å². The number of likely N-dealkylation sites (tertiary alicyclic amines) is 1. The molecular formula is C13H17N3O5. The number of H-pyrrole nitrogens is 1. The fourth-order valence-corrected chi connectivity index (χ4v) is 2.38. The lowest BCUT2D eigenvalue weighted by molar-refractivity contribution is -0.149. The van der Waals surface area contributed by atoms with Crippen molar-refractivity contribution in [1.29, 1.82) is 0 Å². The third-order valence-corrected chi connectivity index (χ3v) is 3.49. The van der Waals surface area contributed by atoms with Gasteiger partial charge in [0.25, 0.3) is 11.1 Å². The summed E-state index contributed by atoms with van der Waals surface area (Å²) in [5, 5.41) is 2.30. The van der Waals surface area contributed by atoms with E-state index < -0.39 is 11.1 Å². The van der Waals surface area contributed by atoms with Gasteiger partial charge < -0.3 is 9.64 Å². The Morgan fingerprint density at radius 1 is 1.38 bits per heavy atom. The molecule has 0 aliphatic carbocycles. The molecule has 1 aromatic rings. The van der Waals surface area contributed by atoms with Gasteiger partial charge in [0, 0.05) is 25.2 Å². The summed E-state index contributed by atoms with van der Waals surface area (Å²) in [5.41, 5.74) is -0.905. The van der Waals surface area contributed by atoms with E-state index in [1.807, 2.05) is 0 Å². The van der Waals surface area contributed by atoms with E-state index in [0.29, 0.717) is 19.4 Å². The molecule has 1 aliphatic heterocycles. The zero-order valence-corrected chi connectivity index (χ0v) is 11.7. The number of carbonyl (C=O) groups excluding carboxylic acids is 2. The molecule has 0 aromatic carbocycles. The number of amides is 1. The molecule has 2 heterocycles. The summed E-state index contributed by atoms with van der Waals surface area (Å²) in [6.45, 7) is 0.554. The van der Waals surface area contributed by atoms with E-state index in [-0.39, 0.29) is 30.9 Å². The summed E-state index contributed by atoms with van der Waals surface area (Å²) in [6.07, 6.45) is 1.38. The predicted octanol–water partition coefficient (Wildman–Crippen LogP) is -1.05. The molecule has 0 saturated carbocycles. The molecule has 8 heteroatoms. The SMILES string of the molecule is COC(=O)C1CCCN(C(=O)Cn2[nH]c(=O)ccc2=O)C1. The highest BCUT2D eigenvalue weighted by Crippen LogP contribution is 2.17. The van der Waals surface area contributed by atoms with Gasteiger partial charge in [-0.25, -0.2) is 4.68 Å². The lowest BCUT2D eigenvalue weighted by Crippen LogP contribution is -2.45. The van der Waals surface area contributed by atoms with Gasteiger partial charge in [-0.15, -0.1) is 0 Å². The lowest BCUT2D eigenvalue weighted by atomic mass is 9.98. The number of rotatable bonds is 3. The molecule has 0 bridgehead atoms. The first-order chi connectivity index (χ1) is 10.0. The monoisotopic (exact) mass is 295 g/mol. The van der Waals surface area contributed by atoms with Gasteiger partial charge in [-0.3, -0.25) is 24.3 Å². The number of hydrogen-bond donors (Lipinski definition) is 1. The number of aromatic amines is 1. The molecule has 1 N–H and O–H groups in total. The van der Waals surface area contributed by atoms with Gasteiger partial charge in [0.15, 0.2) is 0 Å². The van der Waals surface area contributed by atoms with Gasteiger partial charge in [0.05, 0.1) is 13.0 Å². The Balaban J connectivity index is 2.06. The highest BCUT2D eigenvalue weighted by atomic mass is 16.5. The van der Waals surface area contributed by atoms with Crippen LogP contribution in [0.5, 0.6) is 0 Å². The predicted molar refractivity (Wildman–Crippen MR) is 72.6 cm³/mol. The maximum Gasteiger partial charge on any atom is 0.310 e. The van der Waals surface area contributed by atoms with Crippen molar-refractivity contribution in [2.75, 3.05) is 20.2 Å². The van der Waals surface area contributed by atoms with Crippen LogP contribution in [-0.4, -0.2) is 46.8 Å². The van der Waals surface area contributed by atoms with E-state index in [1.54, 1.807) is 0 Å². The number of esters is 1. The molecule has 1 aromatic heterocycles. The molecule has 1 atom stereocenters. The Morgan fingerprint density at radius 3 is 2.86 bits per heavy atom. The van der Waals surface area contributed by atoms with E-state index in [1.165, 1.54) is 12.0 Å². The van der Waals surface area contributed by atoms with Crippen LogP contribution in [0.2, 0.25) is 0 Å². The minimum absolute atomic E-state index is 0.247. The van der Waals surface area contributed by atoms with Crippen LogP contribution in [-0.2, 0) is 20.9 Å². The largest absolute Gasteiger partial charge is 0.469 e. The molecule has 1 amide bonds. The molecule has 0 spiro atoms. The van der Waals surface area contributed by atoms with Crippen molar-refractivity contribution < 1.29 is 14.3 Å². The summed E-state index contributed by atoms with van der Waals surface area (Å²) < 4.78 is 5.66. The Kier molecular flexibility index (Phi) is 4.56. The van der Waals surface area contributed by atoms with Gasteiger partial charge in [0.2, 0.25) is 5.91 Å². The maximum absolute atomic E-state index is 12.2. The van der Waals surface area contributed by atoms with Crippen molar-refractivity contribution in [2.45, 2.75) is 19.4 Å². The van der Waals surface area contributed by atoms with Crippen molar-refractivity contribution in [3.8, 4) is 0 Å². The molecular weight excluding hydrogens is 278 g/mol. The molecule has 1 unspecified atom stereocenters. The number of aromatic nitrogens is 2. The van der Waals surface area contributed by atoms with Gasteiger partial charge in [0.1, 0.15) is 6.54 Å². The van der Waals surface area contributed by atoms with Crippen LogP contribution in [0, 0.1) is 5.92 Å². The lowest BCUT2D eigenvalue weighted by Gasteiger charge is -2.31. The van der Waals surface area contributed by atoms with E-state index in [9.17, 15) is 19.2 Å². The average molecular weight is 295 g/mol. The molecule has 2 rings (SSSR count). The fraction of sp³-hybridized carbons (Fsp3) is 0.538. The second-order valence-corrected chi connectivity index (χ2v) is 4.94. The normalized spacial score (nSPS) is 18.3. The molecule has 114 valence electrons. The van der Waals surface area contributed by atoms with Gasteiger partial charge in [-0.2, -0.15) is 0 Å². The topological polar surface area (TPSA) is 101 Å². The number of methoxy groups -OCH3 is 1. The number of piperidine rings is 1. The smallest absolute Gasteiger partial charge is 0.310 e. The Hall–Kier alpha value is -2.38. The highest BCUT2D eigenvalue weighted by molar-refractivity contribution is 5.78. The Bertz CT molecular complexity index is 648. The first-order valence-corrected chi connectivity index (χ1v) is 6.67. The zero-order chi connectivity index (χ0) is 15.4. The fourth-order valence-electron chi connectivity index (χ4n) is 2.38. The van der Waals surface area contributed by atoms with E-state index in [0.717, 1.165) is 16.8 Å². The van der Waals surface area contributed by atoms with Crippen molar-refractivity contribution >= 4 is 11.9 Å². The summed E-state index contributed by atoms with van der Waals surface area (Å²) in [7, 11) is 1.32. The average Bonchev–Trinajstić information content (AvgIpc) is 2.50. The highest BCUT2D eigenvalue weighted by Gasteiger charge is 2.29. The maximum atomic E-state index is 12.2. The quantitative estimate of drug-likeness (QED) is 0.717. The Morgan fingerprint density at radius 2 is 2.14 bits per heavy atom. The van der Waals surface area contributed by atoms with Gasteiger partial charge in [-0.1, -0.05) is 0 Å². The number of nitrogens with zero attached hydrogens (tertiary/aromatic N) is 2. The van der Waals surface area contributed by atoms with Crippen LogP contribution >= 0.6 is 0 Å². The first kappa shape index (κ1) is 15.0. The first-order valence-electron chi connectivity index (χ1n) is 6.67. The third kappa shape index (κ3) is 3.59. The molecule has 0 radical (unpaired) electrons. The number of nitrogens with one attached hydrogen (secondary N) is 1. The van der Waals surface area contributed by atoms with Crippen LogP contribution in [0.4, 0.5) is 0 Å². The molecule has 1 fully saturated rings. The third-order valence-electron chi connectivity index (χ3n) is 3.49. The standard InChI is InChI=1S/C13H17N3O5/c1-21-13(20)9-3-2-6-15(7-9)12(19)8-16-11(18)5-4-10(17)14-16/h4-5,9H,2-3,6-8H2,1H3,(H,14,17). The molecule has 1 aliphatic rings. The van der Waals surface area contributed by atoms with E-state index in [4.69, 9.17) is 4.74 Å². The van der Waals surface area contributed by atoms with Crippen LogP contribution in [0.3, 0.4) is 0 Å². The van der Waals surface area contributed by atoms with Gasteiger partial charge in [-0.05, 0) is 12.8 Å². The summed E-state index contributed by atoms with van der Waals surface area (Å²) in [4.78, 5) is 48.0. The minimum atomic E-state index is -0.454. The molecule has 8 nitrogen and oxygen atoms in total. The zero-order valence-electron chi connectivity index (χ0n) is 11.7. The van der Waals surface area contributed by atoms with E-state index in [2.05, 4.69) is 5.10 Å². The molecule has 21 heavy (non-hydrogen) atoms. The summed E-state index contributed by atoms with van der Waals surface area (Å²) >= 11 is 0. The summed E-state index contributed by atoms with van der Waals surface area (Å²) in [5.74, 6) is -0.982. The van der Waals surface area contributed by atoms with Crippen molar-refractivity contribution in [3.05, 3.63) is 32.8 Å². The van der Waals surface area contributed by atoms with Crippen molar-refractivity contribution in [2.24, 2.45) is 5.92 Å². The second-order valence-electron chi connectivity index (χ2n) is 4.94. The van der Waals surface area contributed by atoms with Crippen LogP contribution in [0.1, 0.15) is 12.8 Å². The van der Waals surface area contributed by atoms with Gasteiger partial charge >= 0.3 is 5.97 Å². The number of hydrogen-bond acceptors (Lipinski definition) is 5. The van der Waals surface area contributed by atoms with Crippen molar-refractivity contribution in [3.63, 3.8) is 0 Å². The minimum Gasteiger partial charge on any atom is -0.469 e. The summed E-state index contributed by atoms with van der Waals surface area (Å²) in [6, 6.07) is 2.22. The molecule has 1 saturated heterocycles. The van der Waals surface area contributed by atoms with E-state index >= 15 is 0 Å².